The normalized spacial score (nSPS) is 15.9. The van der Waals surface area contributed by atoms with E-state index in [1.807, 2.05) is 0 Å². The van der Waals surface area contributed by atoms with Crippen LogP contribution in [0.3, 0.4) is 0 Å². The zero-order chi connectivity index (χ0) is 20.6. The highest BCUT2D eigenvalue weighted by molar-refractivity contribution is 7.90. The minimum absolute atomic E-state index is 0.136. The van der Waals surface area contributed by atoms with Crippen LogP contribution in [0.4, 0.5) is 0 Å². The van der Waals surface area contributed by atoms with Crippen molar-refractivity contribution in [2.75, 3.05) is 32.2 Å². The largest absolute Gasteiger partial charge is 0.493 e. The van der Waals surface area contributed by atoms with Crippen LogP contribution in [0, 0.1) is 12.3 Å². The number of guanidine groups is 1. The Labute approximate surface area is 170 Å². The molecule has 0 bridgehead atoms. The number of aryl methyl sites for hydroxylation is 1. The van der Waals surface area contributed by atoms with E-state index in [1.165, 1.54) is 24.7 Å². The van der Waals surface area contributed by atoms with E-state index in [2.05, 4.69) is 47.7 Å². The Kier molecular flexibility index (Phi) is 8.16. The van der Waals surface area contributed by atoms with Crippen LogP contribution in [0.15, 0.2) is 23.2 Å². The van der Waals surface area contributed by atoms with Crippen molar-refractivity contribution in [1.29, 1.82) is 0 Å². The molecular formula is C21H35N3O3S. The van der Waals surface area contributed by atoms with Gasteiger partial charge in [-0.3, -0.25) is 4.99 Å². The fourth-order valence-corrected chi connectivity index (χ4v) is 4.76. The van der Waals surface area contributed by atoms with E-state index in [4.69, 9.17) is 4.74 Å². The van der Waals surface area contributed by atoms with Gasteiger partial charge in [-0.25, -0.2) is 8.42 Å². The predicted octanol–water partition coefficient (Wildman–Crippen LogP) is 3.05. The van der Waals surface area contributed by atoms with Crippen LogP contribution in [0.5, 0.6) is 5.75 Å². The first-order valence-corrected chi connectivity index (χ1v) is 12.2. The lowest BCUT2D eigenvalue weighted by Crippen LogP contribution is -2.41. The lowest BCUT2D eigenvalue weighted by Gasteiger charge is -2.19. The van der Waals surface area contributed by atoms with Crippen LogP contribution in [0.1, 0.15) is 50.2 Å². The molecule has 0 atom stereocenters. The van der Waals surface area contributed by atoms with Gasteiger partial charge in [-0.2, -0.15) is 0 Å². The summed E-state index contributed by atoms with van der Waals surface area (Å²) in [4.78, 5) is 4.27. The number of unbranched alkanes of at least 4 members (excludes halogenated alkanes) is 2. The van der Waals surface area contributed by atoms with Crippen molar-refractivity contribution in [3.8, 4) is 5.75 Å². The third kappa shape index (κ3) is 7.70. The number of rotatable bonds is 11. The van der Waals surface area contributed by atoms with E-state index in [0.717, 1.165) is 37.2 Å². The molecule has 28 heavy (non-hydrogen) atoms. The lowest BCUT2D eigenvalue weighted by molar-refractivity contribution is 0.303. The van der Waals surface area contributed by atoms with Crippen LogP contribution >= 0.6 is 0 Å². The SMILES string of the molecule is CCCCCOc1cc(C)ccc1CNC(=NC)NCC1(CS(C)(=O)=O)CC1. The third-order valence-corrected chi connectivity index (χ3v) is 6.19. The summed E-state index contributed by atoms with van der Waals surface area (Å²) in [7, 11) is -1.24. The van der Waals surface area contributed by atoms with Gasteiger partial charge in [0.05, 0.1) is 12.4 Å². The van der Waals surface area contributed by atoms with Gasteiger partial charge >= 0.3 is 0 Å². The Morgan fingerprint density at radius 2 is 2.00 bits per heavy atom. The first-order chi connectivity index (χ1) is 13.3. The first-order valence-electron chi connectivity index (χ1n) is 10.1. The average Bonchev–Trinajstić information content (AvgIpc) is 3.38. The van der Waals surface area contributed by atoms with Crippen LogP contribution in [0.25, 0.3) is 0 Å². The number of ether oxygens (including phenoxy) is 1. The molecule has 1 aliphatic carbocycles. The van der Waals surface area contributed by atoms with E-state index in [0.29, 0.717) is 19.0 Å². The summed E-state index contributed by atoms with van der Waals surface area (Å²) in [5, 5.41) is 6.61. The molecule has 0 radical (unpaired) electrons. The van der Waals surface area contributed by atoms with Gasteiger partial charge < -0.3 is 15.4 Å². The number of hydrogen-bond acceptors (Lipinski definition) is 4. The number of nitrogens with zero attached hydrogens (tertiary/aromatic N) is 1. The summed E-state index contributed by atoms with van der Waals surface area (Å²) in [5.74, 6) is 1.82. The molecule has 7 heteroatoms. The van der Waals surface area contributed by atoms with Gasteiger partial charge in [-0.05, 0) is 37.8 Å². The van der Waals surface area contributed by atoms with Gasteiger partial charge in [-0.15, -0.1) is 0 Å². The smallest absolute Gasteiger partial charge is 0.191 e. The summed E-state index contributed by atoms with van der Waals surface area (Å²) in [6.45, 7) is 6.19. The molecule has 1 aromatic rings. The average molecular weight is 410 g/mol. The van der Waals surface area contributed by atoms with Crippen molar-refractivity contribution in [2.45, 2.75) is 52.5 Å². The summed E-state index contributed by atoms with van der Waals surface area (Å²) < 4.78 is 29.2. The molecule has 0 aromatic heterocycles. The van der Waals surface area contributed by atoms with Crippen molar-refractivity contribution < 1.29 is 13.2 Å². The summed E-state index contributed by atoms with van der Waals surface area (Å²) >= 11 is 0. The van der Waals surface area contributed by atoms with Gasteiger partial charge in [0.25, 0.3) is 0 Å². The zero-order valence-corrected chi connectivity index (χ0v) is 18.5. The molecule has 0 unspecified atom stereocenters. The topological polar surface area (TPSA) is 79.8 Å². The molecule has 2 N–H and O–H groups in total. The highest BCUT2D eigenvalue weighted by Crippen LogP contribution is 2.45. The van der Waals surface area contributed by atoms with E-state index in [9.17, 15) is 8.42 Å². The highest BCUT2D eigenvalue weighted by Gasteiger charge is 2.45. The summed E-state index contributed by atoms with van der Waals surface area (Å²) in [5.41, 5.74) is 2.12. The standard InChI is InChI=1S/C21H35N3O3S/c1-5-6-7-12-27-19-13-17(2)8-9-18(19)14-23-20(22-3)24-15-21(10-11-21)16-28(4,25)26/h8-9,13H,5-7,10-12,14-16H2,1-4H3,(H2,22,23,24). The molecule has 0 aliphatic heterocycles. The zero-order valence-electron chi connectivity index (χ0n) is 17.7. The monoisotopic (exact) mass is 409 g/mol. The summed E-state index contributed by atoms with van der Waals surface area (Å²) in [6, 6.07) is 6.23. The molecule has 1 aliphatic rings. The predicted molar refractivity (Wildman–Crippen MR) is 116 cm³/mol. The second-order valence-corrected chi connectivity index (χ2v) is 10.2. The second-order valence-electron chi connectivity index (χ2n) is 8.02. The minimum Gasteiger partial charge on any atom is -0.493 e. The molecule has 1 aromatic carbocycles. The number of nitrogens with one attached hydrogen (secondary N) is 2. The molecular weight excluding hydrogens is 374 g/mol. The van der Waals surface area contributed by atoms with E-state index in [-0.39, 0.29) is 11.2 Å². The molecule has 158 valence electrons. The Hall–Kier alpha value is -1.76. The Bertz CT molecular complexity index is 771. The first kappa shape index (κ1) is 22.5. The van der Waals surface area contributed by atoms with Crippen molar-refractivity contribution in [3.63, 3.8) is 0 Å². The van der Waals surface area contributed by atoms with Crippen LogP contribution in [0.2, 0.25) is 0 Å². The van der Waals surface area contributed by atoms with Gasteiger partial charge in [0.1, 0.15) is 15.6 Å². The van der Waals surface area contributed by atoms with Crippen LogP contribution in [-0.4, -0.2) is 46.6 Å². The second kappa shape index (κ2) is 10.1. The molecule has 2 rings (SSSR count). The molecule has 6 nitrogen and oxygen atoms in total. The molecule has 0 amide bonds. The summed E-state index contributed by atoms with van der Waals surface area (Å²) in [6.07, 6.45) is 6.59. The minimum atomic E-state index is -2.97. The van der Waals surface area contributed by atoms with Crippen molar-refractivity contribution >= 4 is 15.8 Å². The Balaban J connectivity index is 1.89. The van der Waals surface area contributed by atoms with Gasteiger partial charge in [0.15, 0.2) is 5.96 Å². The van der Waals surface area contributed by atoms with E-state index >= 15 is 0 Å². The third-order valence-electron chi connectivity index (χ3n) is 5.05. The molecule has 0 heterocycles. The maximum atomic E-state index is 11.6. The molecule has 1 fully saturated rings. The van der Waals surface area contributed by atoms with Gasteiger partial charge in [0.2, 0.25) is 0 Å². The molecule has 0 spiro atoms. The van der Waals surface area contributed by atoms with Crippen molar-refractivity contribution in [2.24, 2.45) is 10.4 Å². The fourth-order valence-electron chi connectivity index (χ4n) is 3.25. The van der Waals surface area contributed by atoms with E-state index < -0.39 is 9.84 Å². The number of sulfone groups is 1. The van der Waals surface area contributed by atoms with Crippen LogP contribution in [-0.2, 0) is 16.4 Å². The molecule has 0 saturated heterocycles. The fraction of sp³-hybridized carbons (Fsp3) is 0.667. The van der Waals surface area contributed by atoms with Crippen LogP contribution < -0.4 is 15.4 Å². The maximum absolute atomic E-state index is 11.6. The quantitative estimate of drug-likeness (QED) is 0.334. The Morgan fingerprint density at radius 3 is 2.61 bits per heavy atom. The lowest BCUT2D eigenvalue weighted by atomic mass is 10.1. The molecule has 1 saturated carbocycles. The number of aliphatic imine (C=N–C) groups is 1. The van der Waals surface area contributed by atoms with E-state index in [1.54, 1.807) is 7.05 Å². The Morgan fingerprint density at radius 1 is 1.25 bits per heavy atom. The van der Waals surface area contributed by atoms with Crippen molar-refractivity contribution in [3.05, 3.63) is 29.3 Å². The number of benzene rings is 1. The highest BCUT2D eigenvalue weighted by atomic mass is 32.2. The number of hydrogen-bond donors (Lipinski definition) is 2. The van der Waals surface area contributed by atoms with Crippen molar-refractivity contribution in [1.82, 2.24) is 10.6 Å². The maximum Gasteiger partial charge on any atom is 0.191 e. The van der Waals surface area contributed by atoms with Gasteiger partial charge in [0, 0.05) is 37.4 Å². The van der Waals surface area contributed by atoms with Gasteiger partial charge in [-0.1, -0.05) is 31.9 Å².